The van der Waals surface area contributed by atoms with Crippen molar-refractivity contribution in [2.24, 2.45) is 0 Å². The predicted molar refractivity (Wildman–Crippen MR) is 143 cm³/mol. The number of hydrogen-bond acceptors (Lipinski definition) is 9. The molecule has 11 heteroatoms. The molecule has 0 saturated carbocycles. The van der Waals surface area contributed by atoms with E-state index >= 15 is 0 Å². The number of piperazine rings is 1. The van der Waals surface area contributed by atoms with Gasteiger partial charge in [-0.15, -0.1) is 12.4 Å². The minimum atomic E-state index is 0. The lowest BCUT2D eigenvalue weighted by Gasteiger charge is -2.27. The van der Waals surface area contributed by atoms with Crippen molar-refractivity contribution in [3.8, 4) is 11.3 Å². The van der Waals surface area contributed by atoms with Crippen LogP contribution in [0.25, 0.3) is 22.3 Å². The Morgan fingerprint density at radius 2 is 1.81 bits per heavy atom. The van der Waals surface area contributed by atoms with Gasteiger partial charge < -0.3 is 25.3 Å². The number of imidazole rings is 1. The molecular weight excluding hydrogens is 478 g/mol. The molecule has 1 aromatic carbocycles. The Morgan fingerprint density at radius 3 is 2.67 bits per heavy atom. The number of aromatic amines is 1. The summed E-state index contributed by atoms with van der Waals surface area (Å²) in [6.45, 7) is 8.28. The topological polar surface area (TPSA) is 107 Å². The molecule has 3 N–H and O–H groups in total. The van der Waals surface area contributed by atoms with Crippen LogP contribution in [0.5, 0.6) is 0 Å². The molecule has 4 aromatic rings. The van der Waals surface area contributed by atoms with Crippen LogP contribution in [0.1, 0.15) is 5.56 Å². The lowest BCUT2D eigenvalue weighted by molar-refractivity contribution is 0.122. The molecular formula is C25H30ClN9O. The summed E-state index contributed by atoms with van der Waals surface area (Å²) in [5, 5.41) is 6.73. The van der Waals surface area contributed by atoms with Crippen LogP contribution in [0.3, 0.4) is 0 Å². The Labute approximate surface area is 215 Å². The third kappa shape index (κ3) is 5.57. The molecule has 0 atom stereocenters. The number of hydrogen-bond donors (Lipinski definition) is 3. The van der Waals surface area contributed by atoms with Gasteiger partial charge >= 0.3 is 0 Å². The van der Waals surface area contributed by atoms with Gasteiger partial charge in [-0.1, -0.05) is 6.07 Å². The van der Waals surface area contributed by atoms with Gasteiger partial charge in [-0.25, -0.2) is 19.9 Å². The number of anilines is 3. The molecule has 0 bridgehead atoms. The number of pyridine rings is 1. The molecule has 6 rings (SSSR count). The fourth-order valence-electron chi connectivity index (χ4n) is 4.59. The zero-order chi connectivity index (χ0) is 23.5. The lowest BCUT2D eigenvalue weighted by atomic mass is 10.1. The summed E-state index contributed by atoms with van der Waals surface area (Å²) >= 11 is 0. The summed E-state index contributed by atoms with van der Waals surface area (Å²) in [6.07, 6.45) is 3.48. The maximum absolute atomic E-state index is 5.46. The number of aromatic nitrogens is 5. The van der Waals surface area contributed by atoms with Gasteiger partial charge in [-0.05, 0) is 29.8 Å². The summed E-state index contributed by atoms with van der Waals surface area (Å²) in [6, 6.07) is 12.3. The van der Waals surface area contributed by atoms with Crippen LogP contribution in [-0.2, 0) is 11.3 Å². The summed E-state index contributed by atoms with van der Waals surface area (Å²) in [5.74, 6) is 2.38. The molecule has 3 aromatic heterocycles. The van der Waals surface area contributed by atoms with Gasteiger partial charge in [-0.2, -0.15) is 0 Å². The fraction of sp³-hybridized carbons (Fsp3) is 0.360. The van der Waals surface area contributed by atoms with E-state index in [0.29, 0.717) is 5.95 Å². The maximum Gasteiger partial charge on any atom is 0.206 e. The average Bonchev–Trinajstić information content (AvgIpc) is 3.31. The van der Waals surface area contributed by atoms with Crippen molar-refractivity contribution in [3.05, 3.63) is 54.5 Å². The predicted octanol–water partition coefficient (Wildman–Crippen LogP) is 2.82. The number of halogens is 1. The molecule has 10 nitrogen and oxygen atoms in total. The molecule has 0 unspecified atom stereocenters. The monoisotopic (exact) mass is 507 g/mol. The Kier molecular flexibility index (Phi) is 7.57. The first-order valence-corrected chi connectivity index (χ1v) is 12.1. The van der Waals surface area contributed by atoms with Gasteiger partial charge in [0.1, 0.15) is 18.0 Å². The van der Waals surface area contributed by atoms with E-state index in [0.717, 1.165) is 93.0 Å². The minimum Gasteiger partial charge on any atom is -0.378 e. The highest BCUT2D eigenvalue weighted by Gasteiger charge is 2.15. The van der Waals surface area contributed by atoms with Gasteiger partial charge in [0.2, 0.25) is 5.95 Å². The van der Waals surface area contributed by atoms with E-state index in [2.05, 4.69) is 58.6 Å². The molecule has 2 aliphatic heterocycles. The van der Waals surface area contributed by atoms with Crippen molar-refractivity contribution >= 4 is 41.0 Å². The maximum atomic E-state index is 5.46. The SMILES string of the molecule is Cl.c1cc(CN2CCNCC2)cc(Nc2nc3ccc(-c4cc(N5CCOCC5)ncn4)cc3[nH]2)n1. The van der Waals surface area contributed by atoms with E-state index in [4.69, 9.17) is 9.72 Å². The second-order valence-electron chi connectivity index (χ2n) is 8.88. The average molecular weight is 508 g/mol. The molecule has 0 spiro atoms. The largest absolute Gasteiger partial charge is 0.378 e. The van der Waals surface area contributed by atoms with Gasteiger partial charge in [0.15, 0.2) is 0 Å². The first kappa shape index (κ1) is 24.4. The van der Waals surface area contributed by atoms with Crippen LogP contribution >= 0.6 is 12.4 Å². The highest BCUT2D eigenvalue weighted by molar-refractivity contribution is 5.85. The van der Waals surface area contributed by atoms with Crippen LogP contribution < -0.4 is 15.5 Å². The highest BCUT2D eigenvalue weighted by atomic mass is 35.5. The van der Waals surface area contributed by atoms with Crippen LogP contribution in [0.4, 0.5) is 17.6 Å². The molecule has 0 amide bonds. The molecule has 2 fully saturated rings. The summed E-state index contributed by atoms with van der Waals surface area (Å²) in [5.41, 5.74) is 4.96. The lowest BCUT2D eigenvalue weighted by Crippen LogP contribution is -2.42. The standard InChI is InChI=1S/C25H29N9O.ClH/c1-2-20-22(14-19(1)21-15-24(29-17-28-21)34-9-11-35-12-10-34)31-25(30-20)32-23-13-18(3-4-27-23)16-33-7-5-26-6-8-33;/h1-4,13-15,17,26H,5-12,16H2,(H2,27,30,31,32);1H. The molecule has 0 radical (unpaired) electrons. The van der Waals surface area contributed by atoms with Crippen molar-refractivity contribution in [2.75, 3.05) is 62.7 Å². The number of morpholine rings is 1. The smallest absolute Gasteiger partial charge is 0.206 e. The highest BCUT2D eigenvalue weighted by Crippen LogP contribution is 2.26. The van der Waals surface area contributed by atoms with Crippen LogP contribution in [0, 0.1) is 0 Å². The van der Waals surface area contributed by atoms with Crippen molar-refractivity contribution in [3.63, 3.8) is 0 Å². The zero-order valence-corrected chi connectivity index (χ0v) is 20.8. The minimum absolute atomic E-state index is 0. The van der Waals surface area contributed by atoms with Crippen molar-refractivity contribution in [1.82, 2.24) is 35.1 Å². The third-order valence-corrected chi connectivity index (χ3v) is 6.45. The molecule has 2 aliphatic rings. The number of rotatable bonds is 6. The molecule has 36 heavy (non-hydrogen) atoms. The van der Waals surface area contributed by atoms with Crippen molar-refractivity contribution < 1.29 is 4.74 Å². The van der Waals surface area contributed by atoms with E-state index in [1.54, 1.807) is 6.33 Å². The number of nitrogens with one attached hydrogen (secondary N) is 3. The fourth-order valence-corrected chi connectivity index (χ4v) is 4.59. The van der Waals surface area contributed by atoms with E-state index in [1.165, 1.54) is 5.56 Å². The van der Waals surface area contributed by atoms with Crippen LogP contribution in [-0.4, -0.2) is 82.3 Å². The number of nitrogens with zero attached hydrogens (tertiary/aromatic N) is 6. The second kappa shape index (κ2) is 11.2. The zero-order valence-electron chi connectivity index (χ0n) is 20.0. The Bertz CT molecular complexity index is 1300. The van der Waals surface area contributed by atoms with E-state index < -0.39 is 0 Å². The van der Waals surface area contributed by atoms with Gasteiger partial charge in [-0.3, -0.25) is 4.90 Å². The summed E-state index contributed by atoms with van der Waals surface area (Å²) in [7, 11) is 0. The van der Waals surface area contributed by atoms with Gasteiger partial charge in [0.05, 0.1) is 29.9 Å². The number of ether oxygens (including phenoxy) is 1. The van der Waals surface area contributed by atoms with E-state index in [9.17, 15) is 0 Å². The van der Waals surface area contributed by atoms with Crippen molar-refractivity contribution in [1.29, 1.82) is 0 Å². The Morgan fingerprint density at radius 1 is 0.944 bits per heavy atom. The quantitative estimate of drug-likeness (QED) is 0.363. The number of H-pyrrole nitrogens is 1. The molecule has 0 aliphatic carbocycles. The first-order valence-electron chi connectivity index (χ1n) is 12.1. The Hall–Kier alpha value is -3.31. The van der Waals surface area contributed by atoms with Gasteiger partial charge in [0, 0.05) is 63.6 Å². The normalized spacial score (nSPS) is 16.6. The van der Waals surface area contributed by atoms with Crippen LogP contribution in [0.15, 0.2) is 48.9 Å². The number of benzene rings is 1. The summed E-state index contributed by atoms with van der Waals surface area (Å²) in [4.78, 5) is 26.2. The third-order valence-electron chi connectivity index (χ3n) is 6.45. The van der Waals surface area contributed by atoms with Gasteiger partial charge in [0.25, 0.3) is 0 Å². The van der Waals surface area contributed by atoms with E-state index in [-0.39, 0.29) is 12.4 Å². The second-order valence-corrected chi connectivity index (χ2v) is 8.88. The molecule has 2 saturated heterocycles. The molecule has 188 valence electrons. The summed E-state index contributed by atoms with van der Waals surface area (Å²) < 4.78 is 5.46. The van der Waals surface area contributed by atoms with E-state index in [1.807, 2.05) is 24.4 Å². The first-order chi connectivity index (χ1) is 17.3. The Balaban J connectivity index is 0.00000267. The molecule has 5 heterocycles. The van der Waals surface area contributed by atoms with Crippen LogP contribution in [0.2, 0.25) is 0 Å². The van der Waals surface area contributed by atoms with Crippen molar-refractivity contribution in [2.45, 2.75) is 6.54 Å². The number of fused-ring (bicyclic) bond motifs is 1.